The Hall–Kier alpha value is -2.89. The van der Waals surface area contributed by atoms with E-state index in [0.717, 1.165) is 5.56 Å². The number of carboxylic acids is 1. The number of hydrogen-bond donors (Lipinski definition) is 2. The topological polar surface area (TPSA) is 80.0 Å². The number of aromatic carboxylic acids is 1. The molecule has 25 heavy (non-hydrogen) atoms. The monoisotopic (exact) mass is 338 g/mol. The number of nitrogens with zero attached hydrogens (tertiary/aromatic N) is 3. The average molecular weight is 338 g/mol. The maximum atomic E-state index is 11.5. The Bertz CT molecular complexity index is 921. The summed E-state index contributed by atoms with van der Waals surface area (Å²) in [6, 6.07) is 8.23. The summed E-state index contributed by atoms with van der Waals surface area (Å²) in [6.45, 7) is 8.70. The van der Waals surface area contributed by atoms with E-state index < -0.39 is 5.97 Å². The van der Waals surface area contributed by atoms with Gasteiger partial charge in [0.15, 0.2) is 0 Å². The van der Waals surface area contributed by atoms with Crippen molar-refractivity contribution in [1.29, 1.82) is 0 Å². The quantitative estimate of drug-likeness (QED) is 0.756. The molecule has 0 amide bonds. The molecule has 6 nitrogen and oxygen atoms in total. The van der Waals surface area contributed by atoms with Crippen molar-refractivity contribution in [2.75, 3.05) is 5.32 Å². The molecule has 0 aliphatic carbocycles. The summed E-state index contributed by atoms with van der Waals surface area (Å²) < 4.78 is 1.88. The first-order valence-corrected chi connectivity index (χ1v) is 8.17. The van der Waals surface area contributed by atoms with Crippen molar-refractivity contribution in [2.45, 2.75) is 39.8 Å². The lowest BCUT2D eigenvalue weighted by Gasteiger charge is -2.22. The number of benzene rings is 1. The van der Waals surface area contributed by atoms with Crippen molar-refractivity contribution < 1.29 is 9.90 Å². The molecule has 3 rings (SSSR count). The van der Waals surface area contributed by atoms with Crippen LogP contribution in [0.1, 0.15) is 42.3 Å². The lowest BCUT2D eigenvalue weighted by Crippen LogP contribution is -2.21. The fourth-order valence-electron chi connectivity index (χ4n) is 2.66. The first-order valence-electron chi connectivity index (χ1n) is 8.17. The minimum Gasteiger partial charge on any atom is -0.478 e. The smallest absolute Gasteiger partial charge is 0.337 e. The van der Waals surface area contributed by atoms with E-state index in [1.54, 1.807) is 12.4 Å². The molecule has 0 aliphatic rings. The zero-order valence-electron chi connectivity index (χ0n) is 14.9. The van der Waals surface area contributed by atoms with E-state index in [4.69, 9.17) is 0 Å². The van der Waals surface area contributed by atoms with Crippen molar-refractivity contribution in [3.8, 4) is 0 Å². The van der Waals surface area contributed by atoms with Crippen LogP contribution in [0, 0.1) is 6.92 Å². The molecular formula is C19H22N4O2. The van der Waals surface area contributed by atoms with Gasteiger partial charge in [0.1, 0.15) is 5.65 Å². The highest BCUT2D eigenvalue weighted by atomic mass is 16.4. The van der Waals surface area contributed by atoms with Gasteiger partial charge in [-0.25, -0.2) is 9.78 Å². The second kappa shape index (κ2) is 6.20. The Morgan fingerprint density at radius 2 is 1.92 bits per heavy atom. The Morgan fingerprint density at radius 3 is 2.52 bits per heavy atom. The molecule has 0 aliphatic heterocycles. The van der Waals surface area contributed by atoms with Crippen LogP contribution in [0.2, 0.25) is 0 Å². The Kier molecular flexibility index (Phi) is 4.20. The van der Waals surface area contributed by atoms with Crippen molar-refractivity contribution >= 4 is 23.0 Å². The van der Waals surface area contributed by atoms with E-state index >= 15 is 0 Å². The molecule has 0 radical (unpaired) electrons. The van der Waals surface area contributed by atoms with E-state index in [1.807, 2.05) is 25.3 Å². The highest BCUT2D eigenvalue weighted by molar-refractivity contribution is 6.02. The molecule has 0 bridgehead atoms. The third kappa shape index (κ3) is 3.47. The van der Waals surface area contributed by atoms with Gasteiger partial charge < -0.3 is 15.0 Å². The van der Waals surface area contributed by atoms with Crippen molar-refractivity contribution in [3.05, 3.63) is 53.3 Å². The van der Waals surface area contributed by atoms with Gasteiger partial charge in [-0.2, -0.15) is 4.98 Å². The van der Waals surface area contributed by atoms with Gasteiger partial charge in [0, 0.05) is 24.5 Å². The molecule has 0 saturated carbocycles. The number of aromatic nitrogens is 3. The van der Waals surface area contributed by atoms with Crippen molar-refractivity contribution in [2.24, 2.45) is 0 Å². The van der Waals surface area contributed by atoms with Crippen LogP contribution >= 0.6 is 0 Å². The van der Waals surface area contributed by atoms with Gasteiger partial charge in [0.2, 0.25) is 5.95 Å². The standard InChI is InChI=1S/C19H22N4O2/c1-12-5-7-13(8-6-12)9-20-18-21-10-14-15(17(24)25)11-23(16(14)22-18)19(2,3)4/h5-8,10-11H,9H2,1-4H3,(H,24,25)(H,20,21,22). The molecule has 2 heterocycles. The summed E-state index contributed by atoms with van der Waals surface area (Å²) in [5.74, 6) is -0.495. The fraction of sp³-hybridized carbons (Fsp3) is 0.316. The predicted molar refractivity (Wildman–Crippen MR) is 98.0 cm³/mol. The Balaban J connectivity index is 1.95. The van der Waals surface area contributed by atoms with E-state index in [0.29, 0.717) is 23.5 Å². The highest BCUT2D eigenvalue weighted by Gasteiger charge is 2.22. The number of carbonyl (C=O) groups is 1. The van der Waals surface area contributed by atoms with Crippen LogP contribution in [0.5, 0.6) is 0 Å². The SMILES string of the molecule is Cc1ccc(CNc2ncc3c(C(=O)O)cn(C(C)(C)C)c3n2)cc1. The van der Waals surface area contributed by atoms with E-state index in [-0.39, 0.29) is 11.1 Å². The van der Waals surface area contributed by atoms with E-state index in [1.165, 1.54) is 5.56 Å². The van der Waals surface area contributed by atoms with Crippen LogP contribution in [0.3, 0.4) is 0 Å². The lowest BCUT2D eigenvalue weighted by atomic mass is 10.1. The number of anilines is 1. The normalized spacial score (nSPS) is 11.7. The molecule has 0 spiro atoms. The third-order valence-electron chi connectivity index (χ3n) is 4.07. The van der Waals surface area contributed by atoms with Gasteiger partial charge in [-0.15, -0.1) is 0 Å². The minimum absolute atomic E-state index is 0.218. The number of nitrogens with one attached hydrogen (secondary N) is 1. The number of fused-ring (bicyclic) bond motifs is 1. The van der Waals surface area contributed by atoms with E-state index in [2.05, 4.69) is 46.5 Å². The van der Waals surface area contributed by atoms with Crippen molar-refractivity contribution in [3.63, 3.8) is 0 Å². The number of carboxylic acid groups (broad SMARTS) is 1. The van der Waals surface area contributed by atoms with Crippen LogP contribution in [0.15, 0.2) is 36.7 Å². The number of aryl methyl sites for hydroxylation is 1. The summed E-state index contributed by atoms with van der Waals surface area (Å²) in [4.78, 5) is 20.3. The zero-order chi connectivity index (χ0) is 18.2. The minimum atomic E-state index is -0.975. The molecule has 6 heteroatoms. The first kappa shape index (κ1) is 17.0. The van der Waals surface area contributed by atoms with Crippen LogP contribution in [-0.4, -0.2) is 25.6 Å². The maximum absolute atomic E-state index is 11.5. The Morgan fingerprint density at radius 1 is 1.24 bits per heavy atom. The summed E-state index contributed by atoms with van der Waals surface area (Å²) in [7, 11) is 0. The molecule has 130 valence electrons. The summed E-state index contributed by atoms with van der Waals surface area (Å²) in [5.41, 5.74) is 2.90. The van der Waals surface area contributed by atoms with Gasteiger partial charge in [0.25, 0.3) is 0 Å². The molecule has 2 N–H and O–H groups in total. The average Bonchev–Trinajstić information content (AvgIpc) is 2.93. The number of hydrogen-bond acceptors (Lipinski definition) is 4. The lowest BCUT2D eigenvalue weighted by molar-refractivity contribution is 0.0698. The largest absolute Gasteiger partial charge is 0.478 e. The van der Waals surface area contributed by atoms with Gasteiger partial charge >= 0.3 is 5.97 Å². The zero-order valence-corrected chi connectivity index (χ0v) is 14.9. The summed E-state index contributed by atoms with van der Waals surface area (Å²) >= 11 is 0. The molecule has 0 saturated heterocycles. The first-order chi connectivity index (χ1) is 11.8. The van der Waals surface area contributed by atoms with Crippen LogP contribution in [-0.2, 0) is 12.1 Å². The molecule has 3 aromatic rings. The summed E-state index contributed by atoms with van der Waals surface area (Å²) in [5, 5.41) is 13.2. The Labute approximate surface area is 146 Å². The highest BCUT2D eigenvalue weighted by Crippen LogP contribution is 2.26. The second-order valence-corrected chi connectivity index (χ2v) is 7.16. The molecule has 0 atom stereocenters. The predicted octanol–water partition coefficient (Wildman–Crippen LogP) is 3.81. The van der Waals surface area contributed by atoms with Crippen LogP contribution in [0.4, 0.5) is 5.95 Å². The van der Waals surface area contributed by atoms with Gasteiger partial charge in [-0.1, -0.05) is 29.8 Å². The van der Waals surface area contributed by atoms with E-state index in [9.17, 15) is 9.90 Å². The molecule has 0 fully saturated rings. The third-order valence-corrected chi connectivity index (χ3v) is 4.07. The van der Waals surface area contributed by atoms with Gasteiger partial charge in [-0.05, 0) is 33.3 Å². The van der Waals surface area contributed by atoms with Gasteiger partial charge in [0.05, 0.1) is 10.9 Å². The maximum Gasteiger partial charge on any atom is 0.337 e. The van der Waals surface area contributed by atoms with Crippen LogP contribution < -0.4 is 5.32 Å². The summed E-state index contributed by atoms with van der Waals surface area (Å²) in [6.07, 6.45) is 3.21. The van der Waals surface area contributed by atoms with Gasteiger partial charge in [-0.3, -0.25) is 0 Å². The molecular weight excluding hydrogens is 316 g/mol. The fourth-order valence-corrected chi connectivity index (χ4v) is 2.66. The molecule has 0 unspecified atom stereocenters. The molecule has 2 aromatic heterocycles. The van der Waals surface area contributed by atoms with Crippen molar-refractivity contribution in [1.82, 2.24) is 14.5 Å². The van der Waals surface area contributed by atoms with Crippen LogP contribution in [0.25, 0.3) is 11.0 Å². The molecule has 1 aromatic carbocycles. The second-order valence-electron chi connectivity index (χ2n) is 7.16. The number of rotatable bonds is 4.